The lowest BCUT2D eigenvalue weighted by molar-refractivity contribution is 0.0556. The van der Waals surface area contributed by atoms with Gasteiger partial charge in [-0.2, -0.15) is 0 Å². The van der Waals surface area contributed by atoms with E-state index in [0.29, 0.717) is 12.4 Å². The number of H-pyrrole nitrogens is 1. The summed E-state index contributed by atoms with van der Waals surface area (Å²) in [7, 11) is 0. The van der Waals surface area contributed by atoms with Crippen LogP contribution in [0.3, 0.4) is 0 Å². The quantitative estimate of drug-likeness (QED) is 0.142. The highest BCUT2D eigenvalue weighted by molar-refractivity contribution is 5.89. The fourth-order valence-electron chi connectivity index (χ4n) is 3.92. The first kappa shape index (κ1) is 42.6. The number of nitrogens with one attached hydrogen (secondary N) is 1. The highest BCUT2D eigenvalue weighted by Gasteiger charge is 2.11. The third-order valence-corrected chi connectivity index (χ3v) is 7.02. The van der Waals surface area contributed by atoms with Crippen molar-refractivity contribution in [2.75, 3.05) is 13.4 Å². The fourth-order valence-corrected chi connectivity index (χ4v) is 3.92. The van der Waals surface area contributed by atoms with Crippen LogP contribution in [-0.2, 0) is 4.74 Å². The second-order valence-electron chi connectivity index (χ2n) is 11.9. The zero-order chi connectivity index (χ0) is 38.8. The van der Waals surface area contributed by atoms with Crippen LogP contribution in [0.4, 0.5) is 0 Å². The van der Waals surface area contributed by atoms with Gasteiger partial charge < -0.3 is 19.2 Å². The summed E-state index contributed by atoms with van der Waals surface area (Å²) >= 11 is 0. The Morgan fingerprint density at radius 3 is 1.58 bits per heavy atom. The first-order valence-electron chi connectivity index (χ1n) is 16.9. The summed E-state index contributed by atoms with van der Waals surface area (Å²) < 4.78 is 15.0. The molecule has 0 amide bonds. The molecule has 0 bridgehead atoms. The third kappa shape index (κ3) is 18.8. The van der Waals surface area contributed by atoms with Crippen molar-refractivity contribution in [3.63, 3.8) is 0 Å². The number of fused-ring (bicyclic) bond motifs is 1. The molecule has 0 saturated carbocycles. The summed E-state index contributed by atoms with van der Waals surface area (Å²) in [4.78, 5) is 21.7. The molecule has 7 nitrogen and oxygen atoms in total. The Morgan fingerprint density at radius 1 is 0.660 bits per heavy atom. The van der Waals surface area contributed by atoms with Gasteiger partial charge in [-0.1, -0.05) is 88.7 Å². The Hall–Kier alpha value is -6.57. The smallest absolute Gasteiger partial charge is 0.339 e. The van der Waals surface area contributed by atoms with Crippen molar-refractivity contribution in [2.45, 2.75) is 48.5 Å². The van der Waals surface area contributed by atoms with Crippen molar-refractivity contribution in [1.82, 2.24) is 15.0 Å². The number of aromatic amines is 1. The zero-order valence-corrected chi connectivity index (χ0v) is 31.7. The summed E-state index contributed by atoms with van der Waals surface area (Å²) in [6.45, 7) is 14.6. The molecule has 6 aromatic rings. The molecule has 1 N–H and O–H groups in total. The van der Waals surface area contributed by atoms with Gasteiger partial charge in [0.1, 0.15) is 0 Å². The third-order valence-electron chi connectivity index (χ3n) is 7.02. The van der Waals surface area contributed by atoms with Gasteiger partial charge in [0.2, 0.25) is 6.79 Å². The minimum Gasteiger partial charge on any atom is -0.454 e. The minimum absolute atomic E-state index is 0.0205. The van der Waals surface area contributed by atoms with Gasteiger partial charge in [-0.15, -0.1) is 12.8 Å². The molecule has 53 heavy (non-hydrogen) atoms. The van der Waals surface area contributed by atoms with Crippen LogP contribution in [0.2, 0.25) is 0 Å². The number of benzene rings is 4. The molecule has 2 aromatic heterocycles. The molecular weight excluding hydrogens is 659 g/mol. The van der Waals surface area contributed by atoms with Crippen molar-refractivity contribution in [2.24, 2.45) is 0 Å². The van der Waals surface area contributed by atoms with E-state index in [1.807, 2.05) is 101 Å². The average molecular weight is 708 g/mol. The minimum atomic E-state index is -0.377. The van der Waals surface area contributed by atoms with Crippen molar-refractivity contribution < 1.29 is 19.0 Å². The number of hydrogen-bond donors (Lipinski definition) is 1. The Kier molecular flexibility index (Phi) is 19.7. The normalized spacial score (nSPS) is 9.75. The predicted octanol–water partition coefficient (Wildman–Crippen LogP) is 9.90. The van der Waals surface area contributed by atoms with Crippen molar-refractivity contribution in [1.29, 1.82) is 0 Å². The van der Waals surface area contributed by atoms with Crippen LogP contribution in [-0.4, -0.2) is 34.3 Å². The highest BCUT2D eigenvalue weighted by atomic mass is 16.7. The molecule has 7 heteroatoms. The molecule has 0 spiro atoms. The maximum atomic E-state index is 11.2. The van der Waals surface area contributed by atoms with Gasteiger partial charge in [0.15, 0.2) is 18.1 Å². The number of aromatic nitrogens is 3. The van der Waals surface area contributed by atoms with E-state index in [1.165, 1.54) is 27.8 Å². The molecule has 0 fully saturated rings. The monoisotopic (exact) mass is 707 g/mol. The van der Waals surface area contributed by atoms with Crippen molar-refractivity contribution in [3.05, 3.63) is 178 Å². The fraction of sp³-hybridized carbons (Fsp3) is 0.196. The van der Waals surface area contributed by atoms with Gasteiger partial charge in [-0.25, -0.2) is 9.78 Å². The molecule has 272 valence electrons. The molecule has 0 saturated heterocycles. The van der Waals surface area contributed by atoms with Crippen LogP contribution in [0.5, 0.6) is 11.5 Å². The van der Waals surface area contributed by atoms with Crippen LogP contribution >= 0.6 is 0 Å². The standard InChI is InChI=1S/C11H10O2.C9H8.C8H8O2.C8H10.C6H7N.C4H6N2/c1-3-8-13-11(12)10-6-4-9(2)5-7-10;1-3-9-6-4-8(2)5-7-9;1-6-2-3-7-8(4-6)10-5-9-7;1-7-3-5-8(2)6-4-7;1-6-2-4-7-5-3-6;1-4-2-5-3-6-4/h1,4-7H,8H2,2H3;1,4-7H,2H3;2-4H,5H2,1H3;3-6H,1-2H3;2-5H,1H3;2-3H,1H3,(H,5,6). The summed E-state index contributed by atoms with van der Waals surface area (Å²) in [5.74, 6) is 6.13. The molecule has 4 aromatic carbocycles. The second-order valence-corrected chi connectivity index (χ2v) is 11.9. The van der Waals surface area contributed by atoms with E-state index in [4.69, 9.17) is 27.1 Å². The molecule has 7 rings (SSSR count). The van der Waals surface area contributed by atoms with E-state index < -0.39 is 0 Å². The maximum absolute atomic E-state index is 11.2. The van der Waals surface area contributed by atoms with E-state index in [-0.39, 0.29) is 12.6 Å². The summed E-state index contributed by atoms with van der Waals surface area (Å²) in [5.41, 5.74) is 10.0. The van der Waals surface area contributed by atoms with E-state index in [9.17, 15) is 4.79 Å². The SMILES string of the molecule is C#CCOC(=O)c1ccc(C)cc1.C#Cc1ccc(C)cc1.Cc1ccc(C)cc1.Cc1ccc2c(c1)OCO2.Cc1ccncc1.Cc1cnc[nH]1. The van der Waals surface area contributed by atoms with E-state index in [0.717, 1.165) is 28.3 Å². The number of nitrogens with zero attached hydrogens (tertiary/aromatic N) is 2. The number of hydrogen-bond acceptors (Lipinski definition) is 6. The molecule has 0 unspecified atom stereocenters. The van der Waals surface area contributed by atoms with Gasteiger partial charge in [-0.05, 0) is 108 Å². The zero-order valence-electron chi connectivity index (χ0n) is 31.7. The van der Waals surface area contributed by atoms with E-state index in [1.54, 1.807) is 37.1 Å². The first-order valence-corrected chi connectivity index (χ1v) is 16.9. The summed E-state index contributed by atoms with van der Waals surface area (Å²) in [6, 6.07) is 33.4. The number of imidazole rings is 1. The second kappa shape index (κ2) is 24.6. The average Bonchev–Trinajstić information content (AvgIpc) is 3.85. The summed E-state index contributed by atoms with van der Waals surface area (Å²) in [6.07, 6.45) is 17.1. The molecular formula is C46H49N3O4. The molecule has 0 radical (unpaired) electrons. The summed E-state index contributed by atoms with van der Waals surface area (Å²) in [5, 5.41) is 0. The van der Waals surface area contributed by atoms with Gasteiger partial charge in [0.05, 0.1) is 11.9 Å². The number of pyridine rings is 1. The lowest BCUT2D eigenvalue weighted by atomic mass is 10.1. The lowest BCUT2D eigenvalue weighted by Gasteiger charge is -2.00. The Labute approximate surface area is 315 Å². The van der Waals surface area contributed by atoms with Gasteiger partial charge in [-0.3, -0.25) is 4.98 Å². The highest BCUT2D eigenvalue weighted by Crippen LogP contribution is 2.32. The molecule has 1 aliphatic rings. The number of ether oxygens (including phenoxy) is 3. The number of carbonyl (C=O) groups is 1. The van der Waals surface area contributed by atoms with Crippen molar-refractivity contribution >= 4 is 5.97 Å². The van der Waals surface area contributed by atoms with Crippen LogP contribution in [0.1, 0.15) is 55.0 Å². The topological polar surface area (TPSA) is 86.3 Å². The molecule has 0 aliphatic carbocycles. The lowest BCUT2D eigenvalue weighted by Crippen LogP contribution is -2.04. The maximum Gasteiger partial charge on any atom is 0.339 e. The molecule has 1 aliphatic heterocycles. The van der Waals surface area contributed by atoms with E-state index in [2.05, 4.69) is 64.9 Å². The van der Waals surface area contributed by atoms with Crippen LogP contribution < -0.4 is 9.47 Å². The largest absolute Gasteiger partial charge is 0.454 e. The predicted molar refractivity (Wildman–Crippen MR) is 215 cm³/mol. The van der Waals surface area contributed by atoms with Gasteiger partial charge in [0, 0.05) is 29.8 Å². The Bertz CT molecular complexity index is 1950. The molecule has 3 heterocycles. The number of esters is 1. The van der Waals surface area contributed by atoms with Crippen LogP contribution in [0.25, 0.3) is 0 Å². The van der Waals surface area contributed by atoms with Crippen LogP contribution in [0, 0.1) is 73.2 Å². The number of terminal acetylenes is 2. The van der Waals surface area contributed by atoms with Gasteiger partial charge in [0.25, 0.3) is 0 Å². The number of rotatable bonds is 2. The Morgan fingerprint density at radius 2 is 1.15 bits per heavy atom. The van der Waals surface area contributed by atoms with E-state index >= 15 is 0 Å². The molecule has 0 atom stereocenters. The van der Waals surface area contributed by atoms with Crippen LogP contribution in [0.15, 0.2) is 128 Å². The van der Waals surface area contributed by atoms with Crippen molar-refractivity contribution in [3.8, 4) is 36.2 Å². The number of aryl methyl sites for hydroxylation is 7. The van der Waals surface area contributed by atoms with Gasteiger partial charge >= 0.3 is 5.97 Å². The first-order chi connectivity index (χ1) is 25.5. The number of carbonyl (C=O) groups excluding carboxylic acids is 1. The Balaban J connectivity index is 0.000000224.